The van der Waals surface area contributed by atoms with E-state index in [1.807, 2.05) is 6.20 Å². The van der Waals surface area contributed by atoms with Crippen LogP contribution in [-0.4, -0.2) is 4.98 Å². The van der Waals surface area contributed by atoms with Crippen LogP contribution in [0.5, 0.6) is 0 Å². The Labute approximate surface area is 209 Å². The topological polar surface area (TPSA) is 12.9 Å². The number of hydrogen-bond acceptors (Lipinski definition) is 1. The number of nitrogens with zero attached hydrogens (tertiary/aromatic N) is 1. The molecule has 1 nitrogen and oxygen atoms in total. The number of halogens is 1. The Hall–Kier alpha value is -1.93. The van der Waals surface area contributed by atoms with Crippen molar-refractivity contribution in [3.63, 3.8) is 0 Å². The van der Waals surface area contributed by atoms with Crippen molar-refractivity contribution in [2.24, 2.45) is 0 Å². The lowest BCUT2D eigenvalue weighted by Gasteiger charge is -2.33. The third-order valence-electron chi connectivity index (χ3n) is 7.46. The summed E-state index contributed by atoms with van der Waals surface area (Å²) in [5, 5.41) is 0.846. The summed E-state index contributed by atoms with van der Waals surface area (Å²) in [5.74, 6) is 0. The van der Waals surface area contributed by atoms with Gasteiger partial charge < -0.3 is 0 Å². The summed E-state index contributed by atoms with van der Waals surface area (Å²) in [6.45, 7) is 4.61. The molecule has 0 N–H and O–H groups in total. The standard InChI is InChI=1S/C31H38BrN/c1-3-5-7-11-19-31(20-12-8-6-4-2)28-14-10-9-13-26(28)27-17-16-25(21-29(27)31)30-18-15-24(22-32)23-33-30/h9-10,13-18,21,23H,3-8,11-12,19-20,22H2,1-2H3. The van der Waals surface area contributed by atoms with Crippen LogP contribution in [0.1, 0.15) is 94.7 Å². The van der Waals surface area contributed by atoms with Crippen LogP contribution < -0.4 is 0 Å². The Morgan fingerprint density at radius 1 is 0.727 bits per heavy atom. The highest BCUT2D eigenvalue weighted by atomic mass is 79.9. The van der Waals surface area contributed by atoms with Gasteiger partial charge in [-0.15, -0.1) is 0 Å². The number of unbranched alkanes of at least 4 members (excludes halogenated alkanes) is 6. The normalized spacial score (nSPS) is 13.7. The fourth-order valence-corrected chi connectivity index (χ4v) is 5.99. The first kappa shape index (κ1) is 24.2. The first-order chi connectivity index (χ1) is 16.2. The molecule has 0 atom stereocenters. The molecule has 0 aliphatic heterocycles. The van der Waals surface area contributed by atoms with E-state index in [-0.39, 0.29) is 5.41 Å². The van der Waals surface area contributed by atoms with E-state index in [1.54, 1.807) is 11.1 Å². The van der Waals surface area contributed by atoms with Gasteiger partial charge in [-0.2, -0.15) is 0 Å². The van der Waals surface area contributed by atoms with Crippen molar-refractivity contribution >= 4 is 15.9 Å². The van der Waals surface area contributed by atoms with Crippen molar-refractivity contribution in [3.8, 4) is 22.4 Å². The molecule has 1 heterocycles. The number of hydrogen-bond donors (Lipinski definition) is 0. The summed E-state index contributed by atoms with van der Waals surface area (Å²) in [6, 6.07) is 20.7. The number of fused-ring (bicyclic) bond motifs is 3. The predicted molar refractivity (Wildman–Crippen MR) is 146 cm³/mol. The monoisotopic (exact) mass is 503 g/mol. The fraction of sp³-hybridized carbons (Fsp3) is 0.452. The molecule has 4 rings (SSSR count). The maximum Gasteiger partial charge on any atom is 0.0702 e. The van der Waals surface area contributed by atoms with Crippen molar-refractivity contribution in [2.45, 2.75) is 88.8 Å². The van der Waals surface area contributed by atoms with E-state index < -0.39 is 0 Å². The second-order valence-electron chi connectivity index (χ2n) is 9.69. The van der Waals surface area contributed by atoms with Gasteiger partial charge in [0.25, 0.3) is 0 Å². The van der Waals surface area contributed by atoms with Crippen LogP contribution in [0.4, 0.5) is 0 Å². The van der Waals surface area contributed by atoms with Gasteiger partial charge in [0, 0.05) is 22.5 Å². The highest BCUT2D eigenvalue weighted by Crippen LogP contribution is 2.54. The maximum atomic E-state index is 4.79. The van der Waals surface area contributed by atoms with Crippen LogP contribution in [0, 0.1) is 0 Å². The van der Waals surface area contributed by atoms with Crippen LogP contribution in [0.25, 0.3) is 22.4 Å². The van der Waals surface area contributed by atoms with Crippen LogP contribution in [-0.2, 0) is 10.7 Å². The highest BCUT2D eigenvalue weighted by Gasteiger charge is 2.42. The van der Waals surface area contributed by atoms with E-state index in [2.05, 4.69) is 84.4 Å². The Balaban J connectivity index is 1.76. The van der Waals surface area contributed by atoms with E-state index in [0.29, 0.717) is 0 Å². The predicted octanol–water partition coefficient (Wildman–Crippen LogP) is 9.85. The van der Waals surface area contributed by atoms with Gasteiger partial charge in [0.15, 0.2) is 0 Å². The molecule has 0 saturated heterocycles. The number of alkyl halides is 1. The number of rotatable bonds is 12. The molecule has 2 aromatic carbocycles. The Bertz CT molecular complexity index is 1030. The zero-order valence-electron chi connectivity index (χ0n) is 20.4. The van der Waals surface area contributed by atoms with Gasteiger partial charge >= 0.3 is 0 Å². The average Bonchev–Trinajstić information content (AvgIpc) is 3.14. The summed E-state index contributed by atoms with van der Waals surface area (Å²) < 4.78 is 0. The van der Waals surface area contributed by atoms with Crippen molar-refractivity contribution < 1.29 is 0 Å². The third kappa shape index (κ3) is 5.11. The van der Waals surface area contributed by atoms with Gasteiger partial charge in [0.2, 0.25) is 0 Å². The third-order valence-corrected chi connectivity index (χ3v) is 8.10. The van der Waals surface area contributed by atoms with Gasteiger partial charge in [0.05, 0.1) is 5.69 Å². The Morgan fingerprint density at radius 3 is 2.06 bits per heavy atom. The summed E-state index contributed by atoms with van der Waals surface area (Å²) in [4.78, 5) is 4.79. The molecule has 174 valence electrons. The van der Waals surface area contributed by atoms with Gasteiger partial charge in [-0.3, -0.25) is 4.98 Å². The second-order valence-corrected chi connectivity index (χ2v) is 10.3. The minimum absolute atomic E-state index is 0.138. The minimum atomic E-state index is 0.138. The first-order valence-corrected chi connectivity index (χ1v) is 14.1. The average molecular weight is 505 g/mol. The lowest BCUT2D eigenvalue weighted by atomic mass is 9.70. The zero-order valence-corrected chi connectivity index (χ0v) is 22.0. The smallest absolute Gasteiger partial charge is 0.0702 e. The first-order valence-electron chi connectivity index (χ1n) is 13.0. The van der Waals surface area contributed by atoms with E-state index in [9.17, 15) is 0 Å². The largest absolute Gasteiger partial charge is 0.256 e. The molecule has 0 amide bonds. The zero-order chi connectivity index (χ0) is 23.1. The molecule has 0 bridgehead atoms. The molecule has 0 radical (unpaired) electrons. The number of benzene rings is 2. The summed E-state index contributed by atoms with van der Waals surface area (Å²) in [7, 11) is 0. The van der Waals surface area contributed by atoms with Gasteiger partial charge in [-0.25, -0.2) is 0 Å². The lowest BCUT2D eigenvalue weighted by Crippen LogP contribution is -2.25. The molecule has 1 aliphatic rings. The lowest BCUT2D eigenvalue weighted by molar-refractivity contribution is 0.401. The molecule has 0 unspecified atom stereocenters. The van der Waals surface area contributed by atoms with Crippen molar-refractivity contribution in [1.29, 1.82) is 0 Å². The number of aromatic nitrogens is 1. The van der Waals surface area contributed by atoms with Crippen molar-refractivity contribution in [3.05, 3.63) is 77.5 Å². The summed E-state index contributed by atoms with van der Waals surface area (Å²) in [5.41, 5.74) is 9.67. The van der Waals surface area contributed by atoms with Crippen molar-refractivity contribution in [1.82, 2.24) is 4.98 Å². The van der Waals surface area contributed by atoms with Gasteiger partial charge in [-0.1, -0.05) is 124 Å². The van der Waals surface area contributed by atoms with Crippen molar-refractivity contribution in [2.75, 3.05) is 0 Å². The molecule has 1 aliphatic carbocycles. The molecule has 0 spiro atoms. The molecule has 2 heteroatoms. The summed E-state index contributed by atoms with van der Waals surface area (Å²) in [6.07, 6.45) is 15.0. The molecule has 0 saturated carbocycles. The Kier molecular flexibility index (Phi) is 8.41. The van der Waals surface area contributed by atoms with Gasteiger partial charge in [-0.05, 0) is 52.8 Å². The highest BCUT2D eigenvalue weighted by molar-refractivity contribution is 9.08. The SMILES string of the molecule is CCCCCCC1(CCCCCC)c2ccccc2-c2ccc(-c3ccc(CBr)cn3)cc21. The van der Waals surface area contributed by atoms with Crippen LogP contribution in [0.2, 0.25) is 0 Å². The molecule has 33 heavy (non-hydrogen) atoms. The summed E-state index contributed by atoms with van der Waals surface area (Å²) >= 11 is 3.54. The molecular weight excluding hydrogens is 466 g/mol. The van der Waals surface area contributed by atoms with Gasteiger partial charge in [0.1, 0.15) is 0 Å². The van der Waals surface area contributed by atoms with Crippen LogP contribution in [0.3, 0.4) is 0 Å². The maximum absolute atomic E-state index is 4.79. The molecular formula is C31H38BrN. The van der Waals surface area contributed by atoms with Crippen LogP contribution in [0.15, 0.2) is 60.8 Å². The van der Waals surface area contributed by atoms with E-state index >= 15 is 0 Å². The van der Waals surface area contributed by atoms with E-state index in [4.69, 9.17) is 4.98 Å². The molecule has 0 fully saturated rings. The minimum Gasteiger partial charge on any atom is -0.256 e. The van der Waals surface area contributed by atoms with E-state index in [0.717, 1.165) is 11.0 Å². The molecule has 1 aromatic heterocycles. The quantitative estimate of drug-likeness (QED) is 0.177. The molecule has 3 aromatic rings. The van der Waals surface area contributed by atoms with E-state index in [1.165, 1.54) is 86.5 Å². The van der Waals surface area contributed by atoms with Crippen LogP contribution >= 0.6 is 15.9 Å². The number of pyridine rings is 1. The fourth-order valence-electron chi connectivity index (χ4n) is 5.66. The Morgan fingerprint density at radius 2 is 1.42 bits per heavy atom. The second kappa shape index (κ2) is 11.5.